The minimum atomic E-state index is -0.794. The van der Waals surface area contributed by atoms with Gasteiger partial charge in [-0.3, -0.25) is 9.59 Å². The van der Waals surface area contributed by atoms with Crippen molar-refractivity contribution in [3.05, 3.63) is 60.8 Å². The summed E-state index contributed by atoms with van der Waals surface area (Å²) in [6, 6.07) is -0.709. The molecule has 0 aliphatic heterocycles. The zero-order valence-electron chi connectivity index (χ0n) is 43.8. The van der Waals surface area contributed by atoms with Crippen molar-refractivity contribution in [1.82, 2.24) is 5.32 Å². The minimum absolute atomic E-state index is 0.0669. The third-order valence-corrected chi connectivity index (χ3v) is 12.9. The number of hydrogen-bond acceptors (Lipinski definition) is 5. The lowest BCUT2D eigenvalue weighted by molar-refractivity contribution is -0.151. The molecule has 0 radical (unpaired) electrons. The quantitative estimate of drug-likeness (QED) is 0.0244. The number of aliphatic hydroxyl groups excluding tert-OH is 2. The Kier molecular flexibility index (Phi) is 51.5. The molecule has 0 saturated carbocycles. The monoisotopic (exact) mass is 924 g/mol. The lowest BCUT2D eigenvalue weighted by atomic mass is 10.0. The number of allylic oxidation sites excluding steroid dienone is 10. The molecule has 0 aromatic rings. The third-order valence-electron chi connectivity index (χ3n) is 12.9. The number of carbonyl (C=O) groups is 2. The molecule has 0 saturated heterocycles. The average molecular weight is 925 g/mol. The van der Waals surface area contributed by atoms with Crippen LogP contribution < -0.4 is 5.32 Å². The smallest absolute Gasteiger partial charge is 0.306 e. The molecule has 3 N–H and O–H groups in total. The van der Waals surface area contributed by atoms with Crippen LogP contribution in [0.3, 0.4) is 0 Å². The normalized spacial score (nSPS) is 13.6. The summed E-state index contributed by atoms with van der Waals surface area (Å²) >= 11 is 0. The van der Waals surface area contributed by atoms with Gasteiger partial charge >= 0.3 is 5.97 Å². The van der Waals surface area contributed by atoms with Crippen molar-refractivity contribution in [2.45, 2.75) is 302 Å². The van der Waals surface area contributed by atoms with Gasteiger partial charge < -0.3 is 20.3 Å². The van der Waals surface area contributed by atoms with Crippen LogP contribution in [0.15, 0.2) is 60.8 Å². The summed E-state index contributed by atoms with van der Waals surface area (Å²) in [5, 5.41) is 23.9. The molecule has 0 bridgehead atoms. The Labute approximate surface area is 409 Å². The van der Waals surface area contributed by atoms with E-state index in [0.717, 1.165) is 83.5 Å². The summed E-state index contributed by atoms with van der Waals surface area (Å²) in [7, 11) is 0. The van der Waals surface area contributed by atoms with Crippen LogP contribution in [0.25, 0.3) is 0 Å². The van der Waals surface area contributed by atoms with Gasteiger partial charge in [0.15, 0.2) is 0 Å². The predicted molar refractivity (Wildman–Crippen MR) is 287 cm³/mol. The Hall–Kier alpha value is -2.44. The molecule has 0 aromatic heterocycles. The van der Waals surface area contributed by atoms with Gasteiger partial charge in [-0.15, -0.1) is 0 Å². The number of hydrogen-bond donors (Lipinski definition) is 3. The SMILES string of the molecule is CC/C=C/C=C/C=C/CCCCCCCCCC(=O)OC(CCCCCCCCC/C=C\C/C=C\CCCCC)CC(=O)NC(CO)C(O)CCCCCCCCCCCCCCCCC. The highest BCUT2D eigenvalue weighted by atomic mass is 16.5. The van der Waals surface area contributed by atoms with Crippen LogP contribution in [0.5, 0.6) is 0 Å². The predicted octanol–water partition coefficient (Wildman–Crippen LogP) is 17.6. The molecule has 0 spiro atoms. The molecule has 0 rings (SSSR count). The summed E-state index contributed by atoms with van der Waals surface area (Å²) in [6.07, 6.45) is 67.1. The van der Waals surface area contributed by atoms with Crippen molar-refractivity contribution in [2.24, 2.45) is 0 Å². The molecule has 3 atom stereocenters. The van der Waals surface area contributed by atoms with Crippen LogP contribution in [-0.2, 0) is 14.3 Å². The van der Waals surface area contributed by atoms with E-state index in [4.69, 9.17) is 4.74 Å². The molecule has 6 heteroatoms. The van der Waals surface area contributed by atoms with E-state index in [9.17, 15) is 19.8 Å². The van der Waals surface area contributed by atoms with Crippen LogP contribution in [-0.4, -0.2) is 46.9 Å². The van der Waals surface area contributed by atoms with E-state index in [-0.39, 0.29) is 24.9 Å². The van der Waals surface area contributed by atoms with Crippen LogP contribution in [0.4, 0.5) is 0 Å². The highest BCUT2D eigenvalue weighted by Crippen LogP contribution is 2.18. The molecule has 3 unspecified atom stereocenters. The molecule has 0 fully saturated rings. The van der Waals surface area contributed by atoms with Crippen molar-refractivity contribution in [2.75, 3.05) is 6.61 Å². The van der Waals surface area contributed by atoms with Gasteiger partial charge in [0.05, 0.1) is 25.2 Å². The molecule has 66 heavy (non-hydrogen) atoms. The number of nitrogens with one attached hydrogen (secondary N) is 1. The van der Waals surface area contributed by atoms with E-state index in [1.165, 1.54) is 154 Å². The highest BCUT2D eigenvalue weighted by molar-refractivity contribution is 5.77. The fraction of sp³-hybridized carbons (Fsp3) is 0.800. The number of ether oxygens (including phenoxy) is 1. The van der Waals surface area contributed by atoms with Gasteiger partial charge in [0.25, 0.3) is 0 Å². The summed E-state index contributed by atoms with van der Waals surface area (Å²) in [4.78, 5) is 26.3. The van der Waals surface area contributed by atoms with Crippen LogP contribution in [0, 0.1) is 0 Å². The van der Waals surface area contributed by atoms with E-state index in [0.29, 0.717) is 19.3 Å². The Morgan fingerprint density at radius 3 is 1.38 bits per heavy atom. The zero-order valence-corrected chi connectivity index (χ0v) is 43.8. The van der Waals surface area contributed by atoms with Crippen molar-refractivity contribution < 1.29 is 24.5 Å². The second-order valence-electron chi connectivity index (χ2n) is 19.4. The van der Waals surface area contributed by atoms with Crippen molar-refractivity contribution >= 4 is 11.9 Å². The Morgan fingerprint density at radius 1 is 0.470 bits per heavy atom. The lowest BCUT2D eigenvalue weighted by Gasteiger charge is -2.24. The maximum Gasteiger partial charge on any atom is 0.306 e. The number of amides is 1. The summed E-state index contributed by atoms with van der Waals surface area (Å²) < 4.78 is 5.95. The van der Waals surface area contributed by atoms with Crippen molar-refractivity contribution in [1.29, 1.82) is 0 Å². The van der Waals surface area contributed by atoms with E-state index in [2.05, 4.69) is 86.8 Å². The maximum absolute atomic E-state index is 13.3. The maximum atomic E-state index is 13.3. The minimum Gasteiger partial charge on any atom is -0.462 e. The van der Waals surface area contributed by atoms with Gasteiger partial charge in [-0.1, -0.05) is 255 Å². The molecule has 6 nitrogen and oxygen atoms in total. The first-order valence-electron chi connectivity index (χ1n) is 28.5. The number of esters is 1. The zero-order chi connectivity index (χ0) is 48.1. The standard InChI is InChI=1S/C60H109NO5/c1-4-7-10-13-16-19-22-25-28-29-32-33-36-39-42-45-48-51-56(66-60(65)53-50-47-44-41-38-35-31-27-24-21-18-15-12-9-6-3)54-59(64)61-57(55-62)58(63)52-49-46-43-40-37-34-30-26-23-20-17-14-11-8-5-2/h9,12,15-16,18-19,21,24-25,28,56-58,62-63H,4-8,10-11,13-14,17,20,22-23,26-27,29-55H2,1-3H3,(H,61,64)/b12-9+,18-15+,19-16-,24-21+,28-25-. The fourth-order valence-electron chi connectivity index (χ4n) is 8.58. The summed E-state index contributed by atoms with van der Waals surface area (Å²) in [5.41, 5.74) is 0. The molecule has 1 amide bonds. The first-order valence-corrected chi connectivity index (χ1v) is 28.5. The molecular weight excluding hydrogens is 815 g/mol. The number of rotatable bonds is 51. The fourth-order valence-corrected chi connectivity index (χ4v) is 8.58. The molecule has 384 valence electrons. The molecule has 0 aliphatic rings. The number of aliphatic hydroxyl groups is 2. The molecular formula is C60H109NO5. The number of unbranched alkanes of at least 4 members (excludes halogenated alkanes) is 31. The Morgan fingerprint density at radius 2 is 0.879 bits per heavy atom. The second kappa shape index (κ2) is 53.5. The Bertz CT molecular complexity index is 1170. The van der Waals surface area contributed by atoms with Crippen molar-refractivity contribution in [3.8, 4) is 0 Å². The van der Waals surface area contributed by atoms with Gasteiger partial charge in [-0.05, 0) is 77.0 Å². The highest BCUT2D eigenvalue weighted by Gasteiger charge is 2.24. The summed E-state index contributed by atoms with van der Waals surface area (Å²) in [6.45, 7) is 6.35. The van der Waals surface area contributed by atoms with Crippen LogP contribution >= 0.6 is 0 Å². The van der Waals surface area contributed by atoms with E-state index in [1.807, 2.05) is 0 Å². The molecule has 0 aromatic carbocycles. The van der Waals surface area contributed by atoms with Gasteiger partial charge in [0.2, 0.25) is 5.91 Å². The molecule has 0 aliphatic carbocycles. The van der Waals surface area contributed by atoms with Gasteiger partial charge in [0, 0.05) is 6.42 Å². The van der Waals surface area contributed by atoms with Crippen molar-refractivity contribution in [3.63, 3.8) is 0 Å². The average Bonchev–Trinajstić information content (AvgIpc) is 3.31. The Balaban J connectivity index is 4.59. The van der Waals surface area contributed by atoms with Crippen LogP contribution in [0.2, 0.25) is 0 Å². The molecule has 0 heterocycles. The lowest BCUT2D eigenvalue weighted by Crippen LogP contribution is -2.46. The van der Waals surface area contributed by atoms with Crippen LogP contribution in [0.1, 0.15) is 284 Å². The second-order valence-corrected chi connectivity index (χ2v) is 19.4. The first kappa shape index (κ1) is 63.6. The topological polar surface area (TPSA) is 95.9 Å². The number of carbonyl (C=O) groups excluding carboxylic acids is 2. The van der Waals surface area contributed by atoms with Gasteiger partial charge in [-0.25, -0.2) is 0 Å². The van der Waals surface area contributed by atoms with E-state index >= 15 is 0 Å². The summed E-state index contributed by atoms with van der Waals surface area (Å²) in [5.74, 6) is -0.488. The van der Waals surface area contributed by atoms with E-state index in [1.54, 1.807) is 0 Å². The van der Waals surface area contributed by atoms with E-state index < -0.39 is 18.2 Å². The largest absolute Gasteiger partial charge is 0.462 e. The first-order chi connectivity index (χ1) is 32.5. The third kappa shape index (κ3) is 48.0. The van der Waals surface area contributed by atoms with Gasteiger partial charge in [0.1, 0.15) is 6.10 Å². The van der Waals surface area contributed by atoms with Gasteiger partial charge in [-0.2, -0.15) is 0 Å².